The predicted octanol–water partition coefficient (Wildman–Crippen LogP) is 2.42. The van der Waals surface area contributed by atoms with E-state index in [4.69, 9.17) is 11.6 Å². The molecule has 1 rings (SSSR count). The molecular weight excluding hydrogens is 192 g/mol. The molecule has 12 heavy (non-hydrogen) atoms. The van der Waals surface area contributed by atoms with Gasteiger partial charge in [-0.1, -0.05) is 18.5 Å². The highest BCUT2D eigenvalue weighted by molar-refractivity contribution is 7.19. The molecule has 2 N–H and O–H groups in total. The zero-order valence-electron chi connectivity index (χ0n) is 7.06. The van der Waals surface area contributed by atoms with Crippen molar-refractivity contribution in [3.8, 4) is 0 Å². The van der Waals surface area contributed by atoms with Crippen LogP contribution in [0.4, 0.5) is 5.00 Å². The Morgan fingerprint density at radius 2 is 2.25 bits per heavy atom. The lowest BCUT2D eigenvalue weighted by Crippen LogP contribution is -2.21. The fourth-order valence-electron chi connectivity index (χ4n) is 0.860. The minimum Gasteiger partial charge on any atom is -0.376 e. The maximum absolute atomic E-state index is 5.76. The van der Waals surface area contributed by atoms with Crippen molar-refractivity contribution in [2.45, 2.75) is 6.92 Å². The Hall–Kier alpha value is -0.250. The van der Waals surface area contributed by atoms with Gasteiger partial charge in [0.1, 0.15) is 0 Å². The monoisotopic (exact) mass is 204 g/mol. The third kappa shape index (κ3) is 3.43. The molecule has 4 heteroatoms. The topological polar surface area (TPSA) is 24.1 Å². The molecule has 0 bridgehead atoms. The minimum atomic E-state index is 0.834. The molecule has 0 aliphatic rings. The Bertz CT molecular complexity index is 225. The lowest BCUT2D eigenvalue weighted by molar-refractivity contribution is 0.739. The van der Waals surface area contributed by atoms with Gasteiger partial charge in [-0.3, -0.25) is 0 Å². The molecule has 0 saturated heterocycles. The predicted molar refractivity (Wildman–Crippen MR) is 56.4 cm³/mol. The first kappa shape index (κ1) is 9.84. The SMILES string of the molecule is CCNCCNc1ccc(Cl)s1. The molecule has 0 amide bonds. The van der Waals surface area contributed by atoms with Gasteiger partial charge >= 0.3 is 0 Å². The van der Waals surface area contributed by atoms with E-state index in [2.05, 4.69) is 17.6 Å². The number of rotatable bonds is 5. The molecule has 0 spiro atoms. The van der Waals surface area contributed by atoms with Crippen LogP contribution < -0.4 is 10.6 Å². The van der Waals surface area contributed by atoms with Gasteiger partial charge in [0.15, 0.2) is 0 Å². The summed E-state index contributed by atoms with van der Waals surface area (Å²) in [6, 6.07) is 3.90. The van der Waals surface area contributed by atoms with Crippen LogP contribution in [0, 0.1) is 0 Å². The van der Waals surface area contributed by atoms with Gasteiger partial charge in [0.25, 0.3) is 0 Å². The van der Waals surface area contributed by atoms with Crippen LogP contribution in [0.25, 0.3) is 0 Å². The summed E-state index contributed by atoms with van der Waals surface area (Å²) in [5.74, 6) is 0. The third-order valence-corrected chi connectivity index (χ3v) is 2.61. The van der Waals surface area contributed by atoms with Gasteiger partial charge in [0.05, 0.1) is 9.34 Å². The van der Waals surface area contributed by atoms with E-state index >= 15 is 0 Å². The zero-order valence-corrected chi connectivity index (χ0v) is 8.63. The van der Waals surface area contributed by atoms with Gasteiger partial charge in [0.2, 0.25) is 0 Å². The second kappa shape index (κ2) is 5.41. The van der Waals surface area contributed by atoms with E-state index in [1.54, 1.807) is 11.3 Å². The Labute approximate surface area is 81.9 Å². The van der Waals surface area contributed by atoms with Crippen molar-refractivity contribution in [2.24, 2.45) is 0 Å². The number of anilines is 1. The molecule has 0 aliphatic heterocycles. The van der Waals surface area contributed by atoms with E-state index in [9.17, 15) is 0 Å². The molecular formula is C8H13ClN2S. The molecule has 0 unspecified atom stereocenters. The highest BCUT2D eigenvalue weighted by Gasteiger charge is 1.94. The summed E-state index contributed by atoms with van der Waals surface area (Å²) in [5, 5.41) is 7.64. The Kier molecular flexibility index (Phi) is 4.43. The molecule has 0 atom stereocenters. The minimum absolute atomic E-state index is 0.834. The summed E-state index contributed by atoms with van der Waals surface area (Å²) in [7, 11) is 0. The summed E-state index contributed by atoms with van der Waals surface area (Å²) in [5.41, 5.74) is 0. The first-order valence-electron chi connectivity index (χ1n) is 4.03. The third-order valence-electron chi connectivity index (χ3n) is 1.42. The van der Waals surface area contributed by atoms with Gasteiger partial charge < -0.3 is 10.6 Å². The van der Waals surface area contributed by atoms with Crippen LogP contribution in [0.3, 0.4) is 0 Å². The Balaban J connectivity index is 2.15. The summed E-state index contributed by atoms with van der Waals surface area (Å²) in [4.78, 5) is 0. The normalized spacial score (nSPS) is 10.2. The average molecular weight is 205 g/mol. The van der Waals surface area contributed by atoms with Gasteiger partial charge in [-0.05, 0) is 18.7 Å². The summed E-state index contributed by atoms with van der Waals surface area (Å²) >= 11 is 7.34. The molecule has 1 aromatic heterocycles. The Morgan fingerprint density at radius 1 is 1.42 bits per heavy atom. The van der Waals surface area contributed by atoms with Crippen LogP contribution in [0.1, 0.15) is 6.92 Å². The van der Waals surface area contributed by atoms with Crippen molar-refractivity contribution in [2.75, 3.05) is 25.0 Å². The van der Waals surface area contributed by atoms with Crippen LogP contribution in [0.15, 0.2) is 12.1 Å². The fourth-order valence-corrected chi connectivity index (χ4v) is 1.83. The van der Waals surface area contributed by atoms with E-state index in [-0.39, 0.29) is 0 Å². The number of hydrogen-bond donors (Lipinski definition) is 2. The first-order chi connectivity index (χ1) is 5.83. The van der Waals surface area contributed by atoms with Crippen molar-refractivity contribution < 1.29 is 0 Å². The van der Waals surface area contributed by atoms with Crippen LogP contribution in [-0.4, -0.2) is 19.6 Å². The lowest BCUT2D eigenvalue weighted by atomic mass is 10.5. The van der Waals surface area contributed by atoms with Gasteiger partial charge in [-0.25, -0.2) is 0 Å². The van der Waals surface area contributed by atoms with E-state index in [0.717, 1.165) is 29.0 Å². The molecule has 0 aliphatic carbocycles. The lowest BCUT2D eigenvalue weighted by Gasteiger charge is -2.02. The molecule has 0 radical (unpaired) electrons. The Morgan fingerprint density at radius 3 is 2.83 bits per heavy atom. The average Bonchev–Trinajstić information content (AvgIpc) is 2.45. The first-order valence-corrected chi connectivity index (χ1v) is 5.22. The van der Waals surface area contributed by atoms with Crippen molar-refractivity contribution >= 4 is 27.9 Å². The van der Waals surface area contributed by atoms with Gasteiger partial charge in [-0.2, -0.15) is 0 Å². The summed E-state index contributed by atoms with van der Waals surface area (Å²) in [6.45, 7) is 5.06. The second-order valence-corrected chi connectivity index (χ2v) is 4.10. The van der Waals surface area contributed by atoms with E-state index < -0.39 is 0 Å². The molecule has 68 valence electrons. The van der Waals surface area contributed by atoms with Crippen LogP contribution in [0.5, 0.6) is 0 Å². The van der Waals surface area contributed by atoms with Crippen LogP contribution in [-0.2, 0) is 0 Å². The van der Waals surface area contributed by atoms with Crippen LogP contribution in [0.2, 0.25) is 4.34 Å². The van der Waals surface area contributed by atoms with Gasteiger partial charge in [-0.15, -0.1) is 11.3 Å². The van der Waals surface area contributed by atoms with Crippen molar-refractivity contribution in [3.63, 3.8) is 0 Å². The number of hydrogen-bond acceptors (Lipinski definition) is 3. The highest BCUT2D eigenvalue weighted by atomic mass is 35.5. The molecule has 0 saturated carbocycles. The molecule has 0 aromatic carbocycles. The quantitative estimate of drug-likeness (QED) is 0.720. The van der Waals surface area contributed by atoms with Crippen molar-refractivity contribution in [1.82, 2.24) is 5.32 Å². The number of halogens is 1. The number of likely N-dealkylation sites (N-methyl/N-ethyl adjacent to an activating group) is 1. The standard InChI is InChI=1S/C8H13ClN2S/c1-2-10-5-6-11-8-4-3-7(9)12-8/h3-4,10-11H,2,5-6H2,1H3. The smallest absolute Gasteiger partial charge is 0.0950 e. The second-order valence-electron chi connectivity index (χ2n) is 2.38. The molecule has 2 nitrogen and oxygen atoms in total. The number of thiophene rings is 1. The van der Waals surface area contributed by atoms with E-state index in [1.165, 1.54) is 0 Å². The van der Waals surface area contributed by atoms with E-state index in [0.29, 0.717) is 0 Å². The van der Waals surface area contributed by atoms with Crippen LogP contribution >= 0.6 is 22.9 Å². The van der Waals surface area contributed by atoms with Crippen molar-refractivity contribution in [1.29, 1.82) is 0 Å². The zero-order chi connectivity index (χ0) is 8.81. The number of nitrogens with one attached hydrogen (secondary N) is 2. The fraction of sp³-hybridized carbons (Fsp3) is 0.500. The molecule has 0 fully saturated rings. The largest absolute Gasteiger partial charge is 0.376 e. The highest BCUT2D eigenvalue weighted by Crippen LogP contribution is 2.25. The van der Waals surface area contributed by atoms with Crippen molar-refractivity contribution in [3.05, 3.63) is 16.5 Å². The summed E-state index contributed by atoms with van der Waals surface area (Å²) < 4.78 is 0.834. The van der Waals surface area contributed by atoms with E-state index in [1.807, 2.05) is 12.1 Å². The molecule has 1 heterocycles. The maximum atomic E-state index is 5.76. The molecule has 1 aromatic rings. The van der Waals surface area contributed by atoms with Gasteiger partial charge in [0, 0.05) is 13.1 Å². The maximum Gasteiger partial charge on any atom is 0.0950 e. The summed E-state index contributed by atoms with van der Waals surface area (Å²) in [6.07, 6.45) is 0.